The van der Waals surface area contributed by atoms with Gasteiger partial charge in [-0.3, -0.25) is 0 Å². The number of halogens is 2. The number of nitrogens with zero attached hydrogens (tertiary/aromatic N) is 1. The fraction of sp³-hybridized carbons (Fsp3) is 0.0286. The average Bonchev–Trinajstić information content (AvgIpc) is 2.98. The van der Waals surface area contributed by atoms with Crippen molar-refractivity contribution in [1.82, 2.24) is 0 Å². The van der Waals surface area contributed by atoms with Gasteiger partial charge in [0.2, 0.25) is 0 Å². The molecule has 4 heteroatoms. The molecule has 6 aromatic carbocycles. The lowest BCUT2D eigenvalue weighted by atomic mass is 9.61. The molecule has 0 unspecified atom stereocenters. The first-order chi connectivity index (χ1) is 19.2. The number of anilines is 3. The smallest absolute Gasteiger partial charge is 0.140 e. The Bertz CT molecular complexity index is 1880. The number of hydrogen-bond donors (Lipinski definition) is 0. The van der Waals surface area contributed by atoms with Crippen LogP contribution in [0.3, 0.4) is 0 Å². The molecule has 0 N–H and O–H groups in total. The standard InChI is InChI=1S/C35H21Br2NO/c36-23-15-18-31-29(20-23)35(30-21-24(37)16-19-32(30)38(31)25-9-2-1-3-10-25)27-12-6-7-13-33(27)39-34-26-11-5-4-8-22(26)14-17-28(34)35/h1-21H. The Labute approximate surface area is 243 Å². The van der Waals surface area contributed by atoms with E-state index in [1.54, 1.807) is 0 Å². The van der Waals surface area contributed by atoms with Crippen LogP contribution in [0.25, 0.3) is 10.8 Å². The van der Waals surface area contributed by atoms with Crippen LogP contribution in [-0.2, 0) is 5.41 Å². The van der Waals surface area contributed by atoms with Crippen molar-refractivity contribution in [2.45, 2.75) is 5.41 Å². The van der Waals surface area contributed by atoms with E-state index in [0.717, 1.165) is 59.4 Å². The third-order valence-electron chi connectivity index (χ3n) is 8.01. The summed E-state index contributed by atoms with van der Waals surface area (Å²) in [6.45, 7) is 0. The molecule has 1 spiro atoms. The molecule has 0 aromatic heterocycles. The summed E-state index contributed by atoms with van der Waals surface area (Å²) in [6, 6.07) is 45.4. The molecule has 0 radical (unpaired) electrons. The van der Waals surface area contributed by atoms with Gasteiger partial charge in [0.25, 0.3) is 0 Å². The van der Waals surface area contributed by atoms with Crippen molar-refractivity contribution in [2.24, 2.45) is 0 Å². The predicted octanol–water partition coefficient (Wildman–Crippen LogP) is 10.6. The second-order valence-corrected chi connectivity index (χ2v) is 11.8. The quantitative estimate of drug-likeness (QED) is 0.179. The molecule has 0 saturated heterocycles. The van der Waals surface area contributed by atoms with E-state index in [4.69, 9.17) is 4.74 Å². The number of fused-ring (bicyclic) bond motifs is 10. The zero-order valence-corrected chi connectivity index (χ0v) is 23.9. The van der Waals surface area contributed by atoms with E-state index >= 15 is 0 Å². The first kappa shape index (κ1) is 23.1. The summed E-state index contributed by atoms with van der Waals surface area (Å²) in [6.07, 6.45) is 0. The summed E-state index contributed by atoms with van der Waals surface area (Å²) in [4.78, 5) is 2.38. The van der Waals surface area contributed by atoms with E-state index in [0.29, 0.717) is 0 Å². The Kier molecular flexibility index (Phi) is 5.07. The minimum Gasteiger partial charge on any atom is -0.456 e. The Hall–Kier alpha value is -3.86. The van der Waals surface area contributed by atoms with Crippen LogP contribution >= 0.6 is 31.9 Å². The maximum absolute atomic E-state index is 6.78. The van der Waals surface area contributed by atoms with Crippen molar-refractivity contribution >= 4 is 59.7 Å². The van der Waals surface area contributed by atoms with Gasteiger partial charge in [-0.1, -0.05) is 105 Å². The fourth-order valence-electron chi connectivity index (χ4n) is 6.49. The van der Waals surface area contributed by atoms with Gasteiger partial charge in [0.1, 0.15) is 11.5 Å². The summed E-state index contributed by atoms with van der Waals surface area (Å²) in [5.41, 5.74) is 7.52. The SMILES string of the molecule is Brc1ccc2c(c1)C1(c3ccccc3Oc3c1ccc1ccccc31)c1cc(Br)ccc1N2c1ccccc1. The zero-order valence-electron chi connectivity index (χ0n) is 20.7. The monoisotopic (exact) mass is 629 g/mol. The highest BCUT2D eigenvalue weighted by Gasteiger charge is 2.51. The Balaban J connectivity index is 1.60. The first-order valence-electron chi connectivity index (χ1n) is 12.9. The molecule has 0 saturated carbocycles. The molecule has 0 atom stereocenters. The van der Waals surface area contributed by atoms with E-state index in [9.17, 15) is 0 Å². The molecule has 6 aromatic rings. The Morgan fingerprint density at radius 3 is 1.92 bits per heavy atom. The van der Waals surface area contributed by atoms with Crippen LogP contribution < -0.4 is 9.64 Å². The highest BCUT2D eigenvalue weighted by molar-refractivity contribution is 9.10. The van der Waals surface area contributed by atoms with E-state index in [-0.39, 0.29) is 0 Å². The van der Waals surface area contributed by atoms with Gasteiger partial charge in [-0.05, 0) is 71.1 Å². The van der Waals surface area contributed by atoms with Crippen molar-refractivity contribution in [3.63, 3.8) is 0 Å². The largest absolute Gasteiger partial charge is 0.456 e. The molecule has 8 rings (SSSR count). The first-order valence-corrected chi connectivity index (χ1v) is 14.5. The van der Waals surface area contributed by atoms with Crippen LogP contribution in [0.2, 0.25) is 0 Å². The minimum absolute atomic E-state index is 0.599. The van der Waals surface area contributed by atoms with Gasteiger partial charge in [-0.15, -0.1) is 0 Å². The van der Waals surface area contributed by atoms with Crippen LogP contribution in [0.5, 0.6) is 11.5 Å². The van der Waals surface area contributed by atoms with Crippen LogP contribution in [0, 0.1) is 0 Å². The fourth-order valence-corrected chi connectivity index (χ4v) is 7.21. The van der Waals surface area contributed by atoms with Gasteiger partial charge in [0, 0.05) is 31.1 Å². The van der Waals surface area contributed by atoms with Crippen molar-refractivity contribution in [1.29, 1.82) is 0 Å². The van der Waals surface area contributed by atoms with Gasteiger partial charge < -0.3 is 9.64 Å². The third kappa shape index (κ3) is 3.19. The number of hydrogen-bond acceptors (Lipinski definition) is 2. The molecule has 2 aliphatic rings. The Morgan fingerprint density at radius 1 is 0.538 bits per heavy atom. The molecule has 0 aliphatic carbocycles. The van der Waals surface area contributed by atoms with E-state index in [1.165, 1.54) is 11.1 Å². The molecule has 2 aliphatic heterocycles. The lowest BCUT2D eigenvalue weighted by Crippen LogP contribution is -2.39. The molecule has 186 valence electrons. The summed E-state index contributed by atoms with van der Waals surface area (Å²) in [7, 11) is 0. The second kappa shape index (κ2) is 8.57. The van der Waals surface area contributed by atoms with Crippen molar-refractivity contribution < 1.29 is 4.74 Å². The molecule has 0 bridgehead atoms. The van der Waals surface area contributed by atoms with Gasteiger partial charge in [0.15, 0.2) is 0 Å². The second-order valence-electron chi connectivity index (χ2n) is 10.0. The maximum atomic E-state index is 6.78. The zero-order chi connectivity index (χ0) is 26.1. The number of para-hydroxylation sites is 2. The third-order valence-corrected chi connectivity index (χ3v) is 8.99. The predicted molar refractivity (Wildman–Crippen MR) is 166 cm³/mol. The van der Waals surface area contributed by atoms with E-state index in [2.05, 4.69) is 164 Å². The number of ether oxygens (including phenoxy) is 1. The lowest BCUT2D eigenvalue weighted by Gasteiger charge is -2.49. The number of benzene rings is 6. The van der Waals surface area contributed by atoms with Crippen LogP contribution in [0.4, 0.5) is 17.1 Å². The maximum Gasteiger partial charge on any atom is 0.140 e. The average molecular weight is 631 g/mol. The van der Waals surface area contributed by atoms with Gasteiger partial charge in [-0.25, -0.2) is 0 Å². The van der Waals surface area contributed by atoms with Gasteiger partial charge in [0.05, 0.1) is 16.8 Å². The number of rotatable bonds is 1. The Morgan fingerprint density at radius 2 is 1.18 bits per heavy atom. The highest BCUT2D eigenvalue weighted by Crippen LogP contribution is 2.64. The van der Waals surface area contributed by atoms with Crippen LogP contribution in [0.15, 0.2) is 136 Å². The molecule has 2 nitrogen and oxygen atoms in total. The summed E-state index contributed by atoms with van der Waals surface area (Å²) in [5, 5.41) is 2.28. The summed E-state index contributed by atoms with van der Waals surface area (Å²) in [5.74, 6) is 1.79. The molecule has 2 heterocycles. The van der Waals surface area contributed by atoms with Crippen LogP contribution in [0.1, 0.15) is 22.3 Å². The van der Waals surface area contributed by atoms with E-state index in [1.807, 2.05) is 0 Å². The minimum atomic E-state index is -0.599. The van der Waals surface area contributed by atoms with Gasteiger partial charge >= 0.3 is 0 Å². The lowest BCUT2D eigenvalue weighted by molar-refractivity contribution is 0.439. The topological polar surface area (TPSA) is 12.5 Å². The highest BCUT2D eigenvalue weighted by atomic mass is 79.9. The van der Waals surface area contributed by atoms with Crippen molar-refractivity contribution in [3.05, 3.63) is 159 Å². The molecule has 0 amide bonds. The van der Waals surface area contributed by atoms with Gasteiger partial charge in [-0.2, -0.15) is 0 Å². The molecular formula is C35H21Br2NO. The normalized spacial score (nSPS) is 14.3. The van der Waals surface area contributed by atoms with Crippen molar-refractivity contribution in [3.8, 4) is 11.5 Å². The van der Waals surface area contributed by atoms with Crippen molar-refractivity contribution in [2.75, 3.05) is 4.90 Å². The summed E-state index contributed by atoms with van der Waals surface area (Å²) >= 11 is 7.66. The van der Waals surface area contributed by atoms with Crippen LogP contribution in [-0.4, -0.2) is 0 Å². The molecule has 39 heavy (non-hydrogen) atoms. The van der Waals surface area contributed by atoms with E-state index < -0.39 is 5.41 Å². The molecular weight excluding hydrogens is 610 g/mol. The molecule has 0 fully saturated rings. The summed E-state index contributed by atoms with van der Waals surface area (Å²) < 4.78 is 8.86.